The maximum absolute atomic E-state index is 14.3. The van der Waals surface area contributed by atoms with Crippen LogP contribution in [0.5, 0.6) is 0 Å². The minimum Gasteiger partial charge on any atom is -0.374 e. The standard InChI is InChI=1S/C44H52F2N12O5/c1-53-39-28(5-2-7-34(39)58(44(53)62)35-12-13-37(59)51-43(35)61)6-3-16-54-17-4-18-55(20-19-54)23-27-8-10-29(11-9-27)57-25-33(38(52-57)40(45)46)49-42(60)32(22-47)41-48-15-14-36(50-41)56-24-31-21-30(56)26-63-31/h2,5,7,14-15,22,25,27,29-31,35,40,47-48H,4,8-13,16-21,23-24,26H2,1H3,(H,49,60)(H,51,59,61)/b41-32-,47-22?/t27-,29-,30-,31-,35?/m1/s1. The number of aryl methyl sites for hydroxylation is 1. The predicted octanol–water partition coefficient (Wildman–Crippen LogP) is 3.03. The van der Waals surface area contributed by atoms with E-state index in [-0.39, 0.29) is 59.7 Å². The van der Waals surface area contributed by atoms with Crippen LogP contribution in [0.1, 0.15) is 81.1 Å². The van der Waals surface area contributed by atoms with Crippen molar-refractivity contribution in [1.29, 1.82) is 5.41 Å². The Balaban J connectivity index is 0.777. The van der Waals surface area contributed by atoms with Crippen molar-refractivity contribution in [2.75, 3.05) is 57.7 Å². The smallest absolute Gasteiger partial charge is 0.329 e. The zero-order valence-corrected chi connectivity index (χ0v) is 35.2. The van der Waals surface area contributed by atoms with Crippen LogP contribution < -0.4 is 21.6 Å². The van der Waals surface area contributed by atoms with Crippen molar-refractivity contribution in [3.63, 3.8) is 0 Å². The number of alkyl halides is 2. The van der Waals surface area contributed by atoms with Gasteiger partial charge in [-0.3, -0.25) is 38.4 Å². The number of piperidine rings is 1. The second-order valence-electron chi connectivity index (χ2n) is 17.3. The van der Waals surface area contributed by atoms with Crippen LogP contribution in [0.15, 0.2) is 57.9 Å². The lowest BCUT2D eigenvalue weighted by atomic mass is 9.85. The first kappa shape index (κ1) is 42.3. The highest BCUT2D eigenvalue weighted by atomic mass is 19.3. The van der Waals surface area contributed by atoms with Crippen LogP contribution >= 0.6 is 0 Å². The van der Waals surface area contributed by atoms with Gasteiger partial charge in [-0.1, -0.05) is 17.9 Å². The second kappa shape index (κ2) is 18.0. The normalized spacial score (nSPS) is 26.3. The molecule has 0 radical (unpaired) electrons. The fourth-order valence-electron chi connectivity index (χ4n) is 9.98. The SMILES string of the molecule is Cn1c(=O)n(C2CCC(=O)NC2=O)c2cccc(C#CCN3CCCN(C[C@H]4CC[C@H](n5cc(NC(=O)/C(C=N)=C6\N=C(N7C[C@H]8C[C@@H]7CO8)C=CN6)c(C(F)F)n5)CC4)CC3)c21. The van der Waals surface area contributed by atoms with Crippen LogP contribution in [0.25, 0.3) is 11.0 Å². The molecule has 7 heterocycles. The van der Waals surface area contributed by atoms with Gasteiger partial charge in [0.2, 0.25) is 11.8 Å². The zero-order valence-electron chi connectivity index (χ0n) is 35.2. The molecule has 1 saturated carbocycles. The van der Waals surface area contributed by atoms with Gasteiger partial charge in [-0.05, 0) is 75.6 Å². The van der Waals surface area contributed by atoms with Gasteiger partial charge in [-0.15, -0.1) is 0 Å². The number of imidazole rings is 1. The van der Waals surface area contributed by atoms with E-state index in [2.05, 4.69) is 52.6 Å². The number of hydrogen-bond donors (Lipinski definition) is 4. The number of aromatic nitrogens is 4. The maximum Gasteiger partial charge on any atom is 0.329 e. The number of aliphatic imine (C=N–C) groups is 1. The van der Waals surface area contributed by atoms with E-state index in [1.807, 2.05) is 24.3 Å². The number of benzene rings is 1. The molecule has 17 nitrogen and oxygen atoms in total. The lowest BCUT2D eigenvalue weighted by molar-refractivity contribution is -0.135. The fourth-order valence-corrected chi connectivity index (χ4v) is 9.98. The van der Waals surface area contributed by atoms with E-state index in [4.69, 9.17) is 10.1 Å². The third-order valence-corrected chi connectivity index (χ3v) is 13.3. The number of fused-ring (bicyclic) bond motifs is 3. The van der Waals surface area contributed by atoms with Gasteiger partial charge in [-0.25, -0.2) is 18.6 Å². The number of amides is 3. The Morgan fingerprint density at radius 2 is 1.89 bits per heavy atom. The average Bonchev–Trinajstić information content (AvgIpc) is 4.04. The molecular formula is C44H52F2N12O5. The van der Waals surface area contributed by atoms with E-state index in [0.717, 1.165) is 77.5 Å². The fraction of sp³-hybridized carbons (Fsp3) is 0.523. The molecule has 5 aliphatic heterocycles. The molecule has 2 aromatic heterocycles. The predicted molar refractivity (Wildman–Crippen MR) is 230 cm³/mol. The van der Waals surface area contributed by atoms with Gasteiger partial charge in [0, 0.05) is 64.8 Å². The number of rotatable bonds is 9. The van der Waals surface area contributed by atoms with Crippen LogP contribution in [0.3, 0.4) is 0 Å². The minimum atomic E-state index is -2.90. The summed E-state index contributed by atoms with van der Waals surface area (Å²) in [5.41, 5.74) is 0.991. The van der Waals surface area contributed by atoms with Crippen LogP contribution in [-0.2, 0) is 26.2 Å². The summed E-state index contributed by atoms with van der Waals surface area (Å²) in [7, 11) is 1.68. The molecule has 5 fully saturated rings. The number of hydrogen-bond acceptors (Lipinski definition) is 12. The number of anilines is 1. The molecule has 4 saturated heterocycles. The van der Waals surface area contributed by atoms with Gasteiger partial charge < -0.3 is 30.6 Å². The second-order valence-corrected chi connectivity index (χ2v) is 17.3. The van der Waals surface area contributed by atoms with Gasteiger partial charge in [0.15, 0.2) is 5.69 Å². The van der Waals surface area contributed by atoms with Crippen molar-refractivity contribution in [2.45, 2.75) is 82.0 Å². The van der Waals surface area contributed by atoms with Crippen molar-refractivity contribution in [3.8, 4) is 11.8 Å². The lowest BCUT2D eigenvalue weighted by Gasteiger charge is -2.32. The third-order valence-electron chi connectivity index (χ3n) is 13.3. The first-order chi connectivity index (χ1) is 30.5. The number of nitrogens with one attached hydrogen (secondary N) is 4. The number of amidine groups is 1. The summed E-state index contributed by atoms with van der Waals surface area (Å²) in [4.78, 5) is 62.7. The Kier molecular flexibility index (Phi) is 12.1. The molecule has 9 rings (SSSR count). The van der Waals surface area contributed by atoms with Crippen LogP contribution in [0.2, 0.25) is 0 Å². The lowest BCUT2D eigenvalue weighted by Crippen LogP contribution is -2.44. The van der Waals surface area contributed by atoms with E-state index < -0.39 is 30.0 Å². The van der Waals surface area contributed by atoms with Crippen molar-refractivity contribution in [2.24, 2.45) is 18.0 Å². The molecule has 6 aliphatic rings. The van der Waals surface area contributed by atoms with Gasteiger partial charge in [0.05, 0.1) is 59.2 Å². The molecule has 3 amide bonds. The summed E-state index contributed by atoms with van der Waals surface area (Å²) >= 11 is 0. The molecule has 1 unspecified atom stereocenters. The van der Waals surface area contributed by atoms with Gasteiger partial charge in [0.25, 0.3) is 12.3 Å². The molecule has 4 N–H and O–H groups in total. The highest BCUT2D eigenvalue weighted by molar-refractivity contribution is 6.18. The molecule has 63 heavy (non-hydrogen) atoms. The Labute approximate surface area is 362 Å². The Morgan fingerprint density at radius 1 is 1.08 bits per heavy atom. The maximum atomic E-state index is 14.3. The molecule has 19 heteroatoms. The van der Waals surface area contributed by atoms with E-state index in [0.29, 0.717) is 48.0 Å². The Hall–Kier alpha value is -5.97. The molecule has 1 aromatic carbocycles. The number of carbonyl (C=O) groups excluding carboxylic acids is 3. The summed E-state index contributed by atoms with van der Waals surface area (Å²) in [5.74, 6) is 6.36. The molecule has 1 aliphatic carbocycles. The van der Waals surface area contributed by atoms with Gasteiger partial charge in [-0.2, -0.15) is 5.10 Å². The molecule has 2 bridgehead atoms. The Bertz CT molecular complexity index is 2520. The number of nitrogens with zero attached hydrogens (tertiary/aromatic N) is 8. The number of halogens is 2. The average molecular weight is 867 g/mol. The van der Waals surface area contributed by atoms with Gasteiger partial charge in [0.1, 0.15) is 17.7 Å². The number of para-hydroxylation sites is 1. The molecular weight excluding hydrogens is 815 g/mol. The van der Waals surface area contributed by atoms with Crippen LogP contribution in [-0.4, -0.2) is 128 Å². The van der Waals surface area contributed by atoms with E-state index in [9.17, 15) is 28.0 Å². The zero-order chi connectivity index (χ0) is 43.8. The van der Waals surface area contributed by atoms with Crippen molar-refractivity contribution >= 4 is 46.5 Å². The quantitative estimate of drug-likeness (QED) is 0.108. The van der Waals surface area contributed by atoms with Crippen molar-refractivity contribution in [3.05, 3.63) is 69.8 Å². The summed E-state index contributed by atoms with van der Waals surface area (Å²) in [6.45, 7) is 6.48. The van der Waals surface area contributed by atoms with E-state index >= 15 is 0 Å². The van der Waals surface area contributed by atoms with Crippen LogP contribution in [0, 0.1) is 23.2 Å². The number of imide groups is 1. The summed E-state index contributed by atoms with van der Waals surface area (Å²) < 4.78 is 38.9. The first-order valence-corrected chi connectivity index (χ1v) is 21.8. The molecule has 3 atom stereocenters. The summed E-state index contributed by atoms with van der Waals surface area (Å²) in [6.07, 6.45) is 8.85. The van der Waals surface area contributed by atoms with Crippen molar-refractivity contribution in [1.82, 2.24) is 44.2 Å². The van der Waals surface area contributed by atoms with E-state index in [1.165, 1.54) is 15.3 Å². The van der Waals surface area contributed by atoms with E-state index in [1.54, 1.807) is 17.9 Å². The summed E-state index contributed by atoms with van der Waals surface area (Å²) in [6, 6.07) is 4.89. The number of ether oxygens (including phenoxy) is 1. The van der Waals surface area contributed by atoms with Gasteiger partial charge >= 0.3 is 5.69 Å². The topological polar surface area (TPSA) is 187 Å². The molecule has 332 valence electrons. The first-order valence-electron chi connectivity index (χ1n) is 21.8. The van der Waals surface area contributed by atoms with Crippen molar-refractivity contribution < 1.29 is 27.9 Å². The third kappa shape index (κ3) is 8.71. The number of carbonyl (C=O) groups is 3. The highest BCUT2D eigenvalue weighted by Gasteiger charge is 2.40. The highest BCUT2D eigenvalue weighted by Crippen LogP contribution is 2.36. The molecule has 3 aromatic rings. The summed E-state index contributed by atoms with van der Waals surface area (Å²) in [5, 5.41) is 20.1. The minimum absolute atomic E-state index is 0.0769. The number of likely N-dealkylation sites (tertiary alicyclic amines) is 1. The monoisotopic (exact) mass is 866 g/mol. The molecule has 0 spiro atoms. The Morgan fingerprint density at radius 3 is 2.63 bits per heavy atom. The largest absolute Gasteiger partial charge is 0.374 e. The van der Waals surface area contributed by atoms with Crippen LogP contribution in [0.4, 0.5) is 14.5 Å². The number of morpholine rings is 1.